The predicted octanol–water partition coefficient (Wildman–Crippen LogP) is 5.17. The highest BCUT2D eigenvalue weighted by molar-refractivity contribution is 5.56. The topological polar surface area (TPSA) is 30.5 Å². The summed E-state index contributed by atoms with van der Waals surface area (Å²) in [6.07, 6.45) is 3.75. The van der Waals surface area contributed by atoms with E-state index in [0.29, 0.717) is 6.04 Å². The third-order valence-electron chi connectivity index (χ3n) is 3.56. The van der Waals surface area contributed by atoms with E-state index in [1.807, 2.05) is 0 Å². The van der Waals surface area contributed by atoms with Gasteiger partial charge < -0.3 is 14.8 Å². The zero-order valence-electron chi connectivity index (χ0n) is 12.6. The highest BCUT2D eigenvalue weighted by Crippen LogP contribution is 2.42. The van der Waals surface area contributed by atoms with Gasteiger partial charge in [0.05, 0.1) is 0 Å². The fraction of sp³-hybridized carbons (Fsp3) is 0.625. The van der Waals surface area contributed by atoms with Crippen molar-refractivity contribution in [1.82, 2.24) is 0 Å². The van der Waals surface area contributed by atoms with E-state index in [1.165, 1.54) is 38.2 Å². The average Bonchev–Trinajstić information content (AvgIpc) is 2.71. The molecule has 1 aliphatic rings. The van der Waals surface area contributed by atoms with Crippen molar-refractivity contribution in [3.05, 3.63) is 18.2 Å². The number of alkyl halides is 2. The van der Waals surface area contributed by atoms with E-state index in [1.54, 1.807) is 12.1 Å². The molecule has 1 atom stereocenters. The minimum Gasteiger partial charge on any atom is -0.395 e. The van der Waals surface area contributed by atoms with Gasteiger partial charge in [0.25, 0.3) is 0 Å². The van der Waals surface area contributed by atoms with Gasteiger partial charge in [-0.2, -0.15) is 0 Å². The molecule has 0 radical (unpaired) electrons. The Labute approximate surface area is 124 Å². The van der Waals surface area contributed by atoms with Gasteiger partial charge in [-0.15, -0.1) is 8.78 Å². The molecule has 0 saturated carbocycles. The summed E-state index contributed by atoms with van der Waals surface area (Å²) in [4.78, 5) is 0. The molecule has 0 bridgehead atoms. The molecule has 0 saturated heterocycles. The number of ether oxygens (including phenoxy) is 2. The van der Waals surface area contributed by atoms with Gasteiger partial charge in [0.1, 0.15) is 0 Å². The molecule has 1 aromatic rings. The number of benzene rings is 1. The SMILES string of the molecule is CCCCCCCC(C)Nc1ccc2c(c1)OC(F)(F)O2. The first kappa shape index (κ1) is 15.9. The average molecular weight is 299 g/mol. The zero-order valence-corrected chi connectivity index (χ0v) is 12.6. The Morgan fingerprint density at radius 3 is 2.57 bits per heavy atom. The molecule has 0 aromatic heterocycles. The molecule has 1 aromatic carbocycles. The molecule has 1 aliphatic heterocycles. The van der Waals surface area contributed by atoms with Crippen LogP contribution in [-0.2, 0) is 0 Å². The van der Waals surface area contributed by atoms with Gasteiger partial charge in [0, 0.05) is 17.8 Å². The first-order chi connectivity index (χ1) is 10.00. The van der Waals surface area contributed by atoms with Gasteiger partial charge >= 0.3 is 6.29 Å². The van der Waals surface area contributed by atoms with Gasteiger partial charge in [-0.05, 0) is 25.5 Å². The molecule has 2 rings (SSSR count). The summed E-state index contributed by atoms with van der Waals surface area (Å²) < 4.78 is 34.7. The van der Waals surface area contributed by atoms with Crippen LogP contribution in [0.5, 0.6) is 11.5 Å². The van der Waals surface area contributed by atoms with Crippen molar-refractivity contribution in [2.24, 2.45) is 0 Å². The van der Waals surface area contributed by atoms with Gasteiger partial charge in [0.15, 0.2) is 11.5 Å². The van der Waals surface area contributed by atoms with Gasteiger partial charge in [-0.25, -0.2) is 0 Å². The van der Waals surface area contributed by atoms with Crippen LogP contribution in [0.25, 0.3) is 0 Å². The number of nitrogens with one attached hydrogen (secondary N) is 1. The van der Waals surface area contributed by atoms with Crippen LogP contribution in [0.1, 0.15) is 52.4 Å². The van der Waals surface area contributed by atoms with Crippen molar-refractivity contribution in [1.29, 1.82) is 0 Å². The summed E-state index contributed by atoms with van der Waals surface area (Å²) in [6.45, 7) is 4.30. The molecule has 0 amide bonds. The van der Waals surface area contributed by atoms with Crippen LogP contribution < -0.4 is 14.8 Å². The van der Waals surface area contributed by atoms with E-state index in [2.05, 4.69) is 28.6 Å². The monoisotopic (exact) mass is 299 g/mol. The Balaban J connectivity index is 1.79. The standard InChI is InChI=1S/C16H23F2NO2/c1-3-4-5-6-7-8-12(2)19-13-9-10-14-15(11-13)21-16(17,18)20-14/h9-12,19H,3-8H2,1-2H3. The Hall–Kier alpha value is -1.52. The van der Waals surface area contributed by atoms with E-state index in [4.69, 9.17) is 0 Å². The lowest BCUT2D eigenvalue weighted by molar-refractivity contribution is -0.286. The third-order valence-corrected chi connectivity index (χ3v) is 3.56. The highest BCUT2D eigenvalue weighted by Gasteiger charge is 2.43. The molecule has 0 spiro atoms. The number of unbranched alkanes of at least 4 members (excludes halogenated alkanes) is 4. The lowest BCUT2D eigenvalue weighted by atomic mass is 10.1. The second kappa shape index (κ2) is 6.96. The fourth-order valence-electron chi connectivity index (χ4n) is 2.45. The van der Waals surface area contributed by atoms with Crippen LogP contribution in [0.2, 0.25) is 0 Å². The molecule has 3 nitrogen and oxygen atoms in total. The van der Waals surface area contributed by atoms with E-state index < -0.39 is 6.29 Å². The third kappa shape index (κ3) is 4.76. The first-order valence-corrected chi connectivity index (χ1v) is 7.66. The number of anilines is 1. The highest BCUT2D eigenvalue weighted by atomic mass is 19.3. The summed E-state index contributed by atoms with van der Waals surface area (Å²) in [5, 5.41) is 3.31. The maximum atomic E-state index is 12.9. The van der Waals surface area contributed by atoms with Gasteiger partial charge in [0.2, 0.25) is 0 Å². The second-order valence-corrected chi connectivity index (χ2v) is 5.58. The largest absolute Gasteiger partial charge is 0.586 e. The lowest BCUT2D eigenvalue weighted by Crippen LogP contribution is -2.25. The van der Waals surface area contributed by atoms with Crippen LogP contribution in [0.4, 0.5) is 14.5 Å². The Kier molecular flexibility index (Phi) is 5.26. The second-order valence-electron chi connectivity index (χ2n) is 5.58. The molecule has 0 fully saturated rings. The maximum absolute atomic E-state index is 12.9. The van der Waals surface area contributed by atoms with Crippen molar-refractivity contribution in [2.45, 2.75) is 64.7 Å². The number of fused-ring (bicyclic) bond motifs is 1. The fourth-order valence-corrected chi connectivity index (χ4v) is 2.45. The molecule has 0 aliphatic carbocycles. The molecule has 5 heteroatoms. The van der Waals surface area contributed by atoms with Crippen molar-refractivity contribution < 1.29 is 18.3 Å². The zero-order chi connectivity index (χ0) is 15.3. The normalized spacial score (nSPS) is 16.8. The molecular formula is C16H23F2NO2. The van der Waals surface area contributed by atoms with Crippen LogP contribution in [0, 0.1) is 0 Å². The number of hydrogen-bond acceptors (Lipinski definition) is 3. The van der Waals surface area contributed by atoms with Crippen LogP contribution >= 0.6 is 0 Å². The molecular weight excluding hydrogens is 276 g/mol. The maximum Gasteiger partial charge on any atom is 0.586 e. The number of hydrogen-bond donors (Lipinski definition) is 1. The smallest absolute Gasteiger partial charge is 0.395 e. The van der Waals surface area contributed by atoms with Gasteiger partial charge in [-0.1, -0.05) is 39.0 Å². The molecule has 118 valence electrons. The number of rotatable bonds is 8. The van der Waals surface area contributed by atoms with Crippen LogP contribution in [-0.4, -0.2) is 12.3 Å². The Morgan fingerprint density at radius 2 is 1.81 bits per heavy atom. The lowest BCUT2D eigenvalue weighted by Gasteiger charge is -2.15. The Morgan fingerprint density at radius 1 is 1.10 bits per heavy atom. The van der Waals surface area contributed by atoms with Crippen molar-refractivity contribution in [2.75, 3.05) is 5.32 Å². The number of halogens is 2. The van der Waals surface area contributed by atoms with E-state index in [9.17, 15) is 8.78 Å². The van der Waals surface area contributed by atoms with E-state index in [0.717, 1.165) is 12.1 Å². The van der Waals surface area contributed by atoms with Crippen molar-refractivity contribution in [3.63, 3.8) is 0 Å². The minimum atomic E-state index is -3.55. The van der Waals surface area contributed by atoms with Crippen molar-refractivity contribution >= 4 is 5.69 Å². The molecule has 21 heavy (non-hydrogen) atoms. The van der Waals surface area contributed by atoms with Gasteiger partial charge in [-0.3, -0.25) is 0 Å². The van der Waals surface area contributed by atoms with Crippen molar-refractivity contribution in [3.8, 4) is 11.5 Å². The summed E-state index contributed by atoms with van der Waals surface area (Å²) in [7, 11) is 0. The first-order valence-electron chi connectivity index (χ1n) is 7.66. The summed E-state index contributed by atoms with van der Waals surface area (Å²) in [5.74, 6) is 0.165. The van der Waals surface area contributed by atoms with Crippen LogP contribution in [0.15, 0.2) is 18.2 Å². The minimum absolute atomic E-state index is 0.0813. The Bertz CT molecular complexity index is 466. The summed E-state index contributed by atoms with van der Waals surface area (Å²) >= 11 is 0. The molecule has 1 heterocycles. The van der Waals surface area contributed by atoms with E-state index >= 15 is 0 Å². The molecule has 1 N–H and O–H groups in total. The predicted molar refractivity (Wildman–Crippen MR) is 79.1 cm³/mol. The summed E-state index contributed by atoms with van der Waals surface area (Å²) in [5.41, 5.74) is 0.774. The van der Waals surface area contributed by atoms with Crippen LogP contribution in [0.3, 0.4) is 0 Å². The summed E-state index contributed by atoms with van der Waals surface area (Å²) in [6, 6.07) is 5.10. The van der Waals surface area contributed by atoms with E-state index in [-0.39, 0.29) is 11.5 Å². The molecule has 1 unspecified atom stereocenters. The quantitative estimate of drug-likeness (QED) is 0.672.